The van der Waals surface area contributed by atoms with Crippen LogP contribution in [0.3, 0.4) is 0 Å². The Hall–Kier alpha value is -1.41. The van der Waals surface area contributed by atoms with Gasteiger partial charge in [0, 0.05) is 16.0 Å². The van der Waals surface area contributed by atoms with Crippen LogP contribution in [0.5, 0.6) is 0 Å². The van der Waals surface area contributed by atoms with Crippen LogP contribution in [0.15, 0.2) is 22.1 Å². The zero-order valence-electron chi connectivity index (χ0n) is 8.60. The number of rotatable bonds is 3. The number of thiophene rings is 1. The van der Waals surface area contributed by atoms with Gasteiger partial charge >= 0.3 is 5.97 Å². The first-order chi connectivity index (χ1) is 8.49. The molecule has 0 bridgehead atoms. The quantitative estimate of drug-likeness (QED) is 0.931. The molecule has 18 heavy (non-hydrogen) atoms. The summed E-state index contributed by atoms with van der Waals surface area (Å²) in [5.41, 5.74) is -1.35. The van der Waals surface area contributed by atoms with E-state index in [1.54, 1.807) is 11.4 Å². The largest absolute Gasteiger partial charge is 0.478 e. The van der Waals surface area contributed by atoms with E-state index in [1.807, 2.05) is 0 Å². The number of carboxylic acid groups (broad SMARTS) is 1. The van der Waals surface area contributed by atoms with Crippen molar-refractivity contribution >= 4 is 33.2 Å². The Morgan fingerprint density at radius 1 is 1.50 bits per heavy atom. The highest BCUT2D eigenvalue weighted by Crippen LogP contribution is 2.29. The minimum absolute atomic E-state index is 0.0889. The molecule has 0 aliphatic rings. The summed E-state index contributed by atoms with van der Waals surface area (Å²) in [6.45, 7) is 0. The van der Waals surface area contributed by atoms with Gasteiger partial charge in [0.2, 0.25) is 0 Å². The molecule has 0 aliphatic carbocycles. The molecule has 0 fully saturated rings. The van der Waals surface area contributed by atoms with Crippen molar-refractivity contribution in [2.24, 2.45) is 0 Å². The second kappa shape index (κ2) is 5.07. The van der Waals surface area contributed by atoms with Crippen molar-refractivity contribution in [1.29, 1.82) is 0 Å². The second-order valence-corrected chi connectivity index (χ2v) is 5.05. The van der Waals surface area contributed by atoms with Crippen LogP contribution in [0, 0.1) is 0 Å². The van der Waals surface area contributed by atoms with Crippen LogP contribution in [-0.4, -0.2) is 21.0 Å². The number of hydrogen-bond acceptors (Lipinski definition) is 4. The number of nitrogens with zero attached hydrogens (tertiary/aromatic N) is 2. The summed E-state index contributed by atoms with van der Waals surface area (Å²) in [6, 6.07) is 1.68. The van der Waals surface area contributed by atoms with Crippen molar-refractivity contribution in [1.82, 2.24) is 9.97 Å². The molecule has 0 radical (unpaired) electrons. The number of aromatic nitrogens is 2. The summed E-state index contributed by atoms with van der Waals surface area (Å²) in [5, 5.41) is 10.5. The van der Waals surface area contributed by atoms with Crippen molar-refractivity contribution in [3.05, 3.63) is 33.4 Å². The van der Waals surface area contributed by atoms with E-state index in [9.17, 15) is 13.6 Å². The highest BCUT2D eigenvalue weighted by Gasteiger charge is 2.21. The van der Waals surface area contributed by atoms with Gasteiger partial charge in [-0.15, -0.1) is 11.3 Å². The molecule has 2 aromatic heterocycles. The van der Waals surface area contributed by atoms with Gasteiger partial charge < -0.3 is 5.11 Å². The van der Waals surface area contributed by atoms with E-state index < -0.39 is 23.7 Å². The molecule has 0 aromatic carbocycles. The van der Waals surface area contributed by atoms with Crippen molar-refractivity contribution in [3.8, 4) is 10.7 Å². The summed E-state index contributed by atoms with van der Waals surface area (Å²) < 4.78 is 26.2. The monoisotopic (exact) mass is 334 g/mol. The molecule has 2 rings (SSSR count). The van der Waals surface area contributed by atoms with Crippen molar-refractivity contribution < 1.29 is 18.7 Å². The van der Waals surface area contributed by atoms with Gasteiger partial charge in [0.05, 0.1) is 4.88 Å². The Labute approximate surface area is 112 Å². The van der Waals surface area contributed by atoms with E-state index in [0.29, 0.717) is 4.88 Å². The van der Waals surface area contributed by atoms with Crippen molar-refractivity contribution in [2.75, 3.05) is 0 Å². The maximum Gasteiger partial charge on any atom is 0.339 e. The molecule has 0 spiro atoms. The summed E-state index contributed by atoms with van der Waals surface area (Å²) in [5.74, 6) is -1.38. The molecule has 0 amide bonds. The zero-order valence-corrected chi connectivity index (χ0v) is 11.0. The van der Waals surface area contributed by atoms with E-state index >= 15 is 0 Å². The van der Waals surface area contributed by atoms with E-state index in [4.69, 9.17) is 5.11 Å². The predicted molar refractivity (Wildman–Crippen MR) is 65.0 cm³/mol. The van der Waals surface area contributed by atoms with Crippen molar-refractivity contribution in [2.45, 2.75) is 6.43 Å². The number of aromatic carboxylic acids is 1. The molecule has 1 N–H and O–H groups in total. The smallest absolute Gasteiger partial charge is 0.339 e. The molecule has 0 saturated heterocycles. The molecule has 94 valence electrons. The molecule has 0 aliphatic heterocycles. The fourth-order valence-corrected chi connectivity index (χ4v) is 2.64. The minimum Gasteiger partial charge on any atom is -0.478 e. The third kappa shape index (κ3) is 2.54. The standard InChI is InChI=1S/C10H5BrF2N2O2S/c11-4-1-6(18-3-4)9-14-2-5(10(16)17)7(15-9)8(12)13/h1-3,8H,(H,16,17). The first-order valence-electron chi connectivity index (χ1n) is 4.62. The number of halogens is 3. The van der Waals surface area contributed by atoms with E-state index in [-0.39, 0.29) is 5.82 Å². The normalized spacial score (nSPS) is 10.9. The summed E-state index contributed by atoms with van der Waals surface area (Å²) in [4.78, 5) is 18.8. The molecule has 2 aromatic rings. The van der Waals surface area contributed by atoms with Crippen LogP contribution >= 0.6 is 27.3 Å². The second-order valence-electron chi connectivity index (χ2n) is 3.23. The number of alkyl halides is 2. The highest BCUT2D eigenvalue weighted by molar-refractivity contribution is 9.10. The van der Waals surface area contributed by atoms with Crippen LogP contribution < -0.4 is 0 Å². The molecule has 0 saturated carbocycles. The van der Waals surface area contributed by atoms with E-state index in [2.05, 4.69) is 25.9 Å². The van der Waals surface area contributed by atoms with Gasteiger partial charge in [-0.3, -0.25) is 0 Å². The SMILES string of the molecule is O=C(O)c1cnc(-c2cc(Br)cs2)nc1C(F)F. The van der Waals surface area contributed by atoms with Gasteiger partial charge in [0.1, 0.15) is 11.3 Å². The van der Waals surface area contributed by atoms with Crippen LogP contribution in [0.1, 0.15) is 22.5 Å². The number of hydrogen-bond donors (Lipinski definition) is 1. The first-order valence-corrected chi connectivity index (χ1v) is 6.29. The average Bonchev–Trinajstić information content (AvgIpc) is 2.75. The lowest BCUT2D eigenvalue weighted by Crippen LogP contribution is -2.07. The highest BCUT2D eigenvalue weighted by atomic mass is 79.9. The van der Waals surface area contributed by atoms with Gasteiger partial charge in [0.25, 0.3) is 6.43 Å². The van der Waals surface area contributed by atoms with Crippen LogP contribution in [0.2, 0.25) is 0 Å². The summed E-state index contributed by atoms with van der Waals surface area (Å²) >= 11 is 4.50. The maximum atomic E-state index is 12.7. The van der Waals surface area contributed by atoms with Crippen LogP contribution in [0.4, 0.5) is 8.78 Å². The Morgan fingerprint density at radius 3 is 2.72 bits per heavy atom. The van der Waals surface area contributed by atoms with Gasteiger partial charge in [0.15, 0.2) is 5.82 Å². The molecule has 0 atom stereocenters. The third-order valence-corrected chi connectivity index (χ3v) is 3.73. The predicted octanol–water partition coefficient (Wildman–Crippen LogP) is 3.60. The summed E-state index contributed by atoms with van der Waals surface area (Å²) in [7, 11) is 0. The zero-order chi connectivity index (χ0) is 13.3. The first kappa shape index (κ1) is 13.0. The van der Waals surface area contributed by atoms with Crippen LogP contribution in [0.25, 0.3) is 10.7 Å². The number of carbonyl (C=O) groups is 1. The van der Waals surface area contributed by atoms with Gasteiger partial charge in [-0.25, -0.2) is 23.5 Å². The Kier molecular flexibility index (Phi) is 3.67. The van der Waals surface area contributed by atoms with Gasteiger partial charge in [-0.2, -0.15) is 0 Å². The Morgan fingerprint density at radius 2 is 2.22 bits per heavy atom. The lowest BCUT2D eigenvalue weighted by molar-refractivity contribution is 0.0681. The molecule has 0 unspecified atom stereocenters. The lowest BCUT2D eigenvalue weighted by atomic mass is 10.2. The average molecular weight is 335 g/mol. The maximum absolute atomic E-state index is 12.7. The number of carboxylic acids is 1. The molecular weight excluding hydrogens is 330 g/mol. The molecule has 2 heterocycles. The third-order valence-electron chi connectivity index (χ3n) is 2.04. The van der Waals surface area contributed by atoms with E-state index in [0.717, 1.165) is 10.7 Å². The summed E-state index contributed by atoms with van der Waals surface area (Å²) in [6.07, 6.45) is -2.05. The molecule has 8 heteroatoms. The molecule has 4 nitrogen and oxygen atoms in total. The van der Waals surface area contributed by atoms with Crippen molar-refractivity contribution in [3.63, 3.8) is 0 Å². The van der Waals surface area contributed by atoms with Gasteiger partial charge in [-0.1, -0.05) is 0 Å². The lowest BCUT2D eigenvalue weighted by Gasteiger charge is -2.05. The van der Waals surface area contributed by atoms with Gasteiger partial charge in [-0.05, 0) is 22.0 Å². The van der Waals surface area contributed by atoms with Crippen LogP contribution in [-0.2, 0) is 0 Å². The fraction of sp³-hybridized carbons (Fsp3) is 0.100. The molecular formula is C10H5BrF2N2O2S. The van der Waals surface area contributed by atoms with E-state index in [1.165, 1.54) is 11.3 Å². The topological polar surface area (TPSA) is 63.1 Å². The minimum atomic E-state index is -2.96. The Balaban J connectivity index is 2.53. The fourth-order valence-electron chi connectivity index (χ4n) is 1.28. The Bertz CT molecular complexity index is 603.